The molecule has 2 aromatic carbocycles. The van der Waals surface area contributed by atoms with Crippen molar-refractivity contribution >= 4 is 35.2 Å². The molecular weight excluding hydrogens is 484 g/mol. The van der Waals surface area contributed by atoms with E-state index in [4.69, 9.17) is 21.1 Å². The molecule has 1 aromatic heterocycles. The molecule has 4 rings (SSSR count). The molecule has 1 aliphatic heterocycles. The second kappa shape index (κ2) is 11.1. The number of ether oxygens (including phenoxy) is 2. The van der Waals surface area contributed by atoms with Crippen LogP contribution in [0, 0.1) is 0 Å². The predicted octanol–water partition coefficient (Wildman–Crippen LogP) is 4.93. The van der Waals surface area contributed by atoms with Crippen molar-refractivity contribution in [2.75, 3.05) is 19.0 Å². The van der Waals surface area contributed by atoms with Crippen LogP contribution < -0.4 is 10.1 Å². The first-order chi connectivity index (χ1) is 17.4. The Bertz CT molecular complexity index is 1250. The van der Waals surface area contributed by atoms with Crippen LogP contribution in [-0.4, -0.2) is 52.5 Å². The highest BCUT2D eigenvalue weighted by molar-refractivity contribution is 6.30. The molecule has 2 heterocycles. The first kappa shape index (κ1) is 25.0. The van der Waals surface area contributed by atoms with E-state index in [2.05, 4.69) is 10.3 Å². The van der Waals surface area contributed by atoms with Gasteiger partial charge in [-0.1, -0.05) is 23.7 Å². The number of carbonyl (C=O) groups is 3. The van der Waals surface area contributed by atoms with Gasteiger partial charge in [-0.05, 0) is 55.0 Å². The Labute approximate surface area is 213 Å². The van der Waals surface area contributed by atoms with Gasteiger partial charge in [-0.15, -0.1) is 0 Å². The second-order valence-corrected chi connectivity index (χ2v) is 8.50. The number of imide groups is 1. The molecule has 1 saturated heterocycles. The Balaban J connectivity index is 1.48. The highest BCUT2D eigenvalue weighted by atomic mass is 35.5. The van der Waals surface area contributed by atoms with Gasteiger partial charge in [0.1, 0.15) is 17.7 Å². The van der Waals surface area contributed by atoms with Gasteiger partial charge in [0.15, 0.2) is 0 Å². The van der Waals surface area contributed by atoms with Crippen LogP contribution in [-0.2, 0) is 16.1 Å². The maximum Gasteiger partial charge on any atom is 0.339 e. The summed E-state index contributed by atoms with van der Waals surface area (Å²) in [5.74, 6) is 0.172. The van der Waals surface area contributed by atoms with Crippen LogP contribution >= 0.6 is 11.6 Å². The van der Waals surface area contributed by atoms with Crippen molar-refractivity contribution in [2.24, 2.45) is 0 Å². The zero-order valence-corrected chi connectivity index (χ0v) is 20.6. The van der Waals surface area contributed by atoms with Crippen LogP contribution in [0.25, 0.3) is 0 Å². The first-order valence-corrected chi connectivity index (χ1v) is 11.7. The topological polar surface area (TPSA) is 101 Å². The Kier molecular flexibility index (Phi) is 7.70. The molecule has 1 fully saturated rings. The SMILES string of the molecule is CCN1C(=O)CC(Nc2ccc(Oc3cncc(C(=O)OC)c3)cc2)N(Cc2ccc(Cl)cc2)C1=O. The van der Waals surface area contributed by atoms with Crippen LogP contribution in [0.3, 0.4) is 0 Å². The average molecular weight is 509 g/mol. The summed E-state index contributed by atoms with van der Waals surface area (Å²) in [6, 6.07) is 15.5. The molecule has 10 heteroatoms. The van der Waals surface area contributed by atoms with Crippen LogP contribution in [0.1, 0.15) is 29.3 Å². The number of halogens is 1. The van der Waals surface area contributed by atoms with Gasteiger partial charge >= 0.3 is 12.0 Å². The number of hydrogen-bond acceptors (Lipinski definition) is 7. The molecule has 1 unspecified atom stereocenters. The van der Waals surface area contributed by atoms with Gasteiger partial charge in [0.2, 0.25) is 5.91 Å². The minimum absolute atomic E-state index is 0.136. The number of anilines is 1. The van der Waals surface area contributed by atoms with E-state index in [1.54, 1.807) is 54.3 Å². The van der Waals surface area contributed by atoms with Gasteiger partial charge in [-0.3, -0.25) is 19.6 Å². The fourth-order valence-electron chi connectivity index (χ4n) is 3.84. The third-order valence-corrected chi connectivity index (χ3v) is 5.91. The quantitative estimate of drug-likeness (QED) is 0.431. The molecule has 36 heavy (non-hydrogen) atoms. The van der Waals surface area contributed by atoms with Crippen LogP contribution in [0.5, 0.6) is 11.5 Å². The summed E-state index contributed by atoms with van der Waals surface area (Å²) < 4.78 is 10.5. The molecule has 0 spiro atoms. The van der Waals surface area contributed by atoms with Gasteiger partial charge < -0.3 is 14.8 Å². The van der Waals surface area contributed by atoms with Gasteiger partial charge in [0.05, 0.1) is 25.3 Å². The highest BCUT2D eigenvalue weighted by Crippen LogP contribution is 2.26. The Morgan fingerprint density at radius 1 is 1.08 bits per heavy atom. The lowest BCUT2D eigenvalue weighted by Crippen LogP contribution is -2.58. The van der Waals surface area contributed by atoms with Crippen molar-refractivity contribution in [3.8, 4) is 11.5 Å². The van der Waals surface area contributed by atoms with Crippen molar-refractivity contribution in [1.29, 1.82) is 0 Å². The largest absolute Gasteiger partial charge is 0.465 e. The number of pyridine rings is 1. The second-order valence-electron chi connectivity index (χ2n) is 8.07. The van der Waals surface area contributed by atoms with Gasteiger partial charge in [-0.25, -0.2) is 9.59 Å². The molecular formula is C26H25ClN4O5. The number of esters is 1. The summed E-state index contributed by atoms with van der Waals surface area (Å²) in [6.07, 6.45) is 2.49. The van der Waals surface area contributed by atoms with Gasteiger partial charge in [0, 0.05) is 30.0 Å². The smallest absolute Gasteiger partial charge is 0.339 e. The maximum absolute atomic E-state index is 13.1. The lowest BCUT2D eigenvalue weighted by molar-refractivity contribution is -0.132. The normalized spacial score (nSPS) is 15.6. The minimum Gasteiger partial charge on any atom is -0.465 e. The monoisotopic (exact) mass is 508 g/mol. The number of rotatable bonds is 8. The number of aromatic nitrogens is 1. The standard InChI is InChI=1S/C26H25ClN4O5/c1-3-30-24(32)13-23(31(26(30)34)16-17-4-6-19(27)7-5-17)29-20-8-10-21(11-9-20)36-22-12-18(14-28-15-22)25(33)35-2/h4-12,14-15,23,29H,3,13,16H2,1-2H3. The van der Waals surface area contributed by atoms with E-state index < -0.39 is 12.1 Å². The Morgan fingerprint density at radius 3 is 2.47 bits per heavy atom. The van der Waals surface area contributed by atoms with Crippen LogP contribution in [0.15, 0.2) is 67.0 Å². The van der Waals surface area contributed by atoms with Crippen LogP contribution in [0.4, 0.5) is 10.5 Å². The lowest BCUT2D eigenvalue weighted by atomic mass is 10.1. The zero-order chi connectivity index (χ0) is 25.7. The number of benzene rings is 2. The minimum atomic E-state index is -0.531. The van der Waals surface area contributed by atoms with Crippen molar-refractivity contribution in [1.82, 2.24) is 14.8 Å². The van der Waals surface area contributed by atoms with Gasteiger partial charge in [-0.2, -0.15) is 0 Å². The molecule has 0 radical (unpaired) electrons. The third kappa shape index (κ3) is 5.75. The number of amides is 3. The first-order valence-electron chi connectivity index (χ1n) is 11.3. The number of nitrogens with zero attached hydrogens (tertiary/aromatic N) is 3. The van der Waals surface area contributed by atoms with E-state index in [0.29, 0.717) is 35.3 Å². The molecule has 0 saturated carbocycles. The third-order valence-electron chi connectivity index (χ3n) is 5.66. The molecule has 1 N–H and O–H groups in total. The molecule has 9 nitrogen and oxygen atoms in total. The van der Waals surface area contributed by atoms with E-state index >= 15 is 0 Å². The van der Waals surface area contributed by atoms with Crippen LogP contribution in [0.2, 0.25) is 5.02 Å². The van der Waals surface area contributed by atoms with E-state index in [-0.39, 0.29) is 23.9 Å². The van der Waals surface area contributed by atoms with E-state index in [1.807, 2.05) is 12.1 Å². The molecule has 0 aliphatic carbocycles. The van der Waals surface area contributed by atoms with Crippen molar-refractivity contribution in [3.05, 3.63) is 83.1 Å². The number of hydrogen-bond donors (Lipinski definition) is 1. The lowest BCUT2D eigenvalue weighted by Gasteiger charge is -2.40. The summed E-state index contributed by atoms with van der Waals surface area (Å²) in [6.45, 7) is 2.40. The summed E-state index contributed by atoms with van der Waals surface area (Å²) in [4.78, 5) is 44.3. The number of urea groups is 1. The molecule has 3 aromatic rings. The average Bonchev–Trinajstić information content (AvgIpc) is 2.88. The fourth-order valence-corrected chi connectivity index (χ4v) is 3.96. The Hall–Kier alpha value is -4.11. The van der Waals surface area contributed by atoms with E-state index in [9.17, 15) is 14.4 Å². The van der Waals surface area contributed by atoms with Gasteiger partial charge in [0.25, 0.3) is 0 Å². The summed E-state index contributed by atoms with van der Waals surface area (Å²) in [5, 5.41) is 3.90. The maximum atomic E-state index is 13.1. The Morgan fingerprint density at radius 2 is 1.81 bits per heavy atom. The summed E-state index contributed by atoms with van der Waals surface area (Å²) >= 11 is 6.00. The predicted molar refractivity (Wildman–Crippen MR) is 134 cm³/mol. The molecule has 186 valence electrons. The molecule has 1 aliphatic rings. The molecule has 1 atom stereocenters. The van der Waals surface area contributed by atoms with E-state index in [0.717, 1.165) is 5.56 Å². The number of methoxy groups -OCH3 is 1. The molecule has 0 bridgehead atoms. The van der Waals surface area contributed by atoms with E-state index in [1.165, 1.54) is 24.4 Å². The summed E-state index contributed by atoms with van der Waals surface area (Å²) in [7, 11) is 1.30. The fraction of sp³-hybridized carbons (Fsp3) is 0.231. The zero-order valence-electron chi connectivity index (χ0n) is 19.8. The highest BCUT2D eigenvalue weighted by Gasteiger charge is 2.38. The summed E-state index contributed by atoms with van der Waals surface area (Å²) in [5.41, 5.74) is 1.89. The number of nitrogens with one attached hydrogen (secondary N) is 1. The number of carbonyl (C=O) groups excluding carboxylic acids is 3. The van der Waals surface area contributed by atoms with Crippen molar-refractivity contribution in [3.63, 3.8) is 0 Å². The van der Waals surface area contributed by atoms with Crippen molar-refractivity contribution < 1.29 is 23.9 Å². The van der Waals surface area contributed by atoms with Crippen molar-refractivity contribution in [2.45, 2.75) is 26.1 Å². The molecule has 3 amide bonds.